The van der Waals surface area contributed by atoms with Crippen molar-refractivity contribution in [3.8, 4) is 0 Å². The first kappa shape index (κ1) is 13.2. The second kappa shape index (κ2) is 5.63. The van der Waals surface area contributed by atoms with Gasteiger partial charge in [0, 0.05) is 23.3 Å². The molecule has 0 saturated carbocycles. The highest BCUT2D eigenvalue weighted by Crippen LogP contribution is 2.27. The molecule has 5 heteroatoms. The van der Waals surface area contributed by atoms with Gasteiger partial charge in [-0.3, -0.25) is 4.68 Å². The van der Waals surface area contributed by atoms with Gasteiger partial charge in [-0.1, -0.05) is 6.92 Å². The molecule has 0 aromatic carbocycles. The molecule has 1 unspecified atom stereocenters. The normalized spacial score (nSPS) is 13.2. The molecule has 2 aromatic rings. The van der Waals surface area contributed by atoms with Crippen LogP contribution in [0, 0.1) is 6.92 Å². The van der Waals surface area contributed by atoms with Crippen molar-refractivity contribution < 1.29 is 0 Å². The molecule has 0 aliphatic rings. The number of aryl methyl sites for hydroxylation is 1. The maximum absolute atomic E-state index is 4.41. The fourth-order valence-electron chi connectivity index (χ4n) is 2.05. The smallest absolute Gasteiger partial charge is 0.0897 e. The van der Waals surface area contributed by atoms with Gasteiger partial charge < -0.3 is 5.32 Å². The molecule has 98 valence electrons. The van der Waals surface area contributed by atoms with Gasteiger partial charge in [-0.05, 0) is 33.4 Å². The minimum absolute atomic E-state index is 0.186. The van der Waals surface area contributed by atoms with E-state index in [4.69, 9.17) is 0 Å². The van der Waals surface area contributed by atoms with Gasteiger partial charge in [0.05, 0.1) is 16.7 Å². The molecule has 2 aromatic heterocycles. The van der Waals surface area contributed by atoms with Crippen molar-refractivity contribution in [1.29, 1.82) is 0 Å². The largest absolute Gasteiger partial charge is 0.305 e. The van der Waals surface area contributed by atoms with Gasteiger partial charge >= 0.3 is 0 Å². The second-order valence-electron chi connectivity index (χ2n) is 4.57. The Bertz CT molecular complexity index is 501. The summed E-state index contributed by atoms with van der Waals surface area (Å²) >= 11 is 1.74. The molecule has 2 heterocycles. The molecule has 18 heavy (non-hydrogen) atoms. The topological polar surface area (TPSA) is 42.7 Å². The average molecular weight is 264 g/mol. The Morgan fingerprint density at radius 3 is 2.78 bits per heavy atom. The van der Waals surface area contributed by atoms with Crippen LogP contribution in [0.4, 0.5) is 0 Å². The predicted octanol–water partition coefficient (Wildman–Crippen LogP) is 2.93. The fraction of sp³-hybridized carbons (Fsp3) is 0.538. The van der Waals surface area contributed by atoms with Crippen LogP contribution in [-0.2, 0) is 0 Å². The SMILES string of the molecule is CCNC(c1cnc(C)s1)c1ccnn1C(C)C. The lowest BCUT2D eigenvalue weighted by molar-refractivity contribution is 0.478. The number of thiazole rings is 1. The Balaban J connectivity index is 2.38. The summed E-state index contributed by atoms with van der Waals surface area (Å²) < 4.78 is 2.07. The van der Waals surface area contributed by atoms with E-state index in [2.05, 4.69) is 46.9 Å². The summed E-state index contributed by atoms with van der Waals surface area (Å²) in [7, 11) is 0. The highest BCUT2D eigenvalue weighted by atomic mass is 32.1. The van der Waals surface area contributed by atoms with Crippen LogP contribution in [-0.4, -0.2) is 21.3 Å². The van der Waals surface area contributed by atoms with Crippen LogP contribution >= 0.6 is 11.3 Å². The number of aromatic nitrogens is 3. The average Bonchev–Trinajstić information content (AvgIpc) is 2.94. The van der Waals surface area contributed by atoms with Gasteiger partial charge in [-0.2, -0.15) is 5.10 Å². The predicted molar refractivity (Wildman–Crippen MR) is 75.0 cm³/mol. The van der Waals surface area contributed by atoms with Crippen molar-refractivity contribution in [1.82, 2.24) is 20.1 Å². The van der Waals surface area contributed by atoms with E-state index in [-0.39, 0.29) is 6.04 Å². The molecule has 2 rings (SSSR count). The van der Waals surface area contributed by atoms with Gasteiger partial charge in [0.1, 0.15) is 0 Å². The number of nitrogens with zero attached hydrogens (tertiary/aromatic N) is 3. The first-order valence-electron chi connectivity index (χ1n) is 6.32. The van der Waals surface area contributed by atoms with E-state index >= 15 is 0 Å². The van der Waals surface area contributed by atoms with Gasteiger partial charge in [0.2, 0.25) is 0 Å². The first-order chi connectivity index (χ1) is 8.63. The maximum atomic E-state index is 4.41. The highest BCUT2D eigenvalue weighted by Gasteiger charge is 2.20. The van der Waals surface area contributed by atoms with Crippen molar-refractivity contribution in [3.05, 3.63) is 34.0 Å². The summed E-state index contributed by atoms with van der Waals surface area (Å²) in [5.74, 6) is 0. The number of hydrogen-bond acceptors (Lipinski definition) is 4. The van der Waals surface area contributed by atoms with Crippen LogP contribution in [0.3, 0.4) is 0 Å². The molecule has 0 spiro atoms. The summed E-state index contributed by atoms with van der Waals surface area (Å²) in [6, 6.07) is 2.64. The lowest BCUT2D eigenvalue weighted by Gasteiger charge is -2.19. The number of nitrogens with one attached hydrogen (secondary N) is 1. The maximum Gasteiger partial charge on any atom is 0.0897 e. The number of hydrogen-bond donors (Lipinski definition) is 1. The molecule has 0 saturated heterocycles. The van der Waals surface area contributed by atoms with E-state index in [1.807, 2.05) is 19.3 Å². The Labute approximate surface area is 112 Å². The highest BCUT2D eigenvalue weighted by molar-refractivity contribution is 7.11. The van der Waals surface area contributed by atoms with Gasteiger partial charge in [0.15, 0.2) is 0 Å². The quantitative estimate of drug-likeness (QED) is 0.903. The molecule has 0 aliphatic heterocycles. The van der Waals surface area contributed by atoms with E-state index in [0.29, 0.717) is 6.04 Å². The molecule has 0 bridgehead atoms. The number of rotatable bonds is 5. The Kier molecular flexibility index (Phi) is 4.14. The fourth-order valence-corrected chi connectivity index (χ4v) is 2.92. The zero-order valence-electron chi connectivity index (χ0n) is 11.3. The van der Waals surface area contributed by atoms with Crippen LogP contribution < -0.4 is 5.32 Å². The minimum atomic E-state index is 0.186. The zero-order valence-corrected chi connectivity index (χ0v) is 12.2. The zero-order chi connectivity index (χ0) is 13.1. The third kappa shape index (κ3) is 2.62. The summed E-state index contributed by atoms with van der Waals surface area (Å²) in [4.78, 5) is 5.60. The molecule has 1 atom stereocenters. The van der Waals surface area contributed by atoms with Crippen molar-refractivity contribution in [2.24, 2.45) is 0 Å². The van der Waals surface area contributed by atoms with Crippen molar-refractivity contribution >= 4 is 11.3 Å². The van der Waals surface area contributed by atoms with Crippen LogP contribution in [0.1, 0.15) is 48.4 Å². The minimum Gasteiger partial charge on any atom is -0.305 e. The van der Waals surface area contributed by atoms with Crippen LogP contribution in [0.2, 0.25) is 0 Å². The lowest BCUT2D eigenvalue weighted by atomic mass is 10.1. The molecular formula is C13H20N4S. The molecule has 4 nitrogen and oxygen atoms in total. The Hall–Kier alpha value is -1.20. The Morgan fingerprint density at radius 2 is 2.22 bits per heavy atom. The van der Waals surface area contributed by atoms with E-state index in [9.17, 15) is 0 Å². The van der Waals surface area contributed by atoms with Crippen LogP contribution in [0.5, 0.6) is 0 Å². The van der Waals surface area contributed by atoms with Gasteiger partial charge in [-0.25, -0.2) is 4.98 Å². The first-order valence-corrected chi connectivity index (χ1v) is 7.14. The van der Waals surface area contributed by atoms with E-state index in [0.717, 1.165) is 11.6 Å². The summed E-state index contributed by atoms with van der Waals surface area (Å²) in [5.41, 5.74) is 1.20. The summed E-state index contributed by atoms with van der Waals surface area (Å²) in [6.45, 7) is 9.38. The Morgan fingerprint density at radius 1 is 1.44 bits per heavy atom. The molecular weight excluding hydrogens is 244 g/mol. The molecule has 0 fully saturated rings. The van der Waals surface area contributed by atoms with Crippen LogP contribution in [0.25, 0.3) is 0 Å². The molecule has 1 N–H and O–H groups in total. The van der Waals surface area contributed by atoms with E-state index in [1.54, 1.807) is 11.3 Å². The van der Waals surface area contributed by atoms with Gasteiger partial charge in [-0.15, -0.1) is 11.3 Å². The van der Waals surface area contributed by atoms with Crippen LogP contribution in [0.15, 0.2) is 18.5 Å². The summed E-state index contributed by atoms with van der Waals surface area (Å²) in [5, 5.41) is 9.03. The monoisotopic (exact) mass is 264 g/mol. The molecule has 0 aliphatic carbocycles. The molecule has 0 radical (unpaired) electrons. The lowest BCUT2D eigenvalue weighted by Crippen LogP contribution is -2.24. The van der Waals surface area contributed by atoms with Crippen molar-refractivity contribution in [3.63, 3.8) is 0 Å². The van der Waals surface area contributed by atoms with E-state index in [1.165, 1.54) is 10.6 Å². The van der Waals surface area contributed by atoms with E-state index < -0.39 is 0 Å². The van der Waals surface area contributed by atoms with Crippen molar-refractivity contribution in [2.45, 2.75) is 39.8 Å². The summed E-state index contributed by atoms with van der Waals surface area (Å²) in [6.07, 6.45) is 3.83. The third-order valence-corrected chi connectivity index (χ3v) is 3.80. The third-order valence-electron chi connectivity index (χ3n) is 2.82. The molecule has 0 amide bonds. The van der Waals surface area contributed by atoms with Gasteiger partial charge in [0.25, 0.3) is 0 Å². The van der Waals surface area contributed by atoms with Crippen molar-refractivity contribution in [2.75, 3.05) is 6.54 Å². The standard InChI is InChI=1S/C13H20N4S/c1-5-14-13(12-8-15-10(4)18-12)11-6-7-16-17(11)9(2)3/h6-9,13-14H,5H2,1-4H3. The second-order valence-corrected chi connectivity index (χ2v) is 5.83.